The Kier molecular flexibility index (Phi) is 9.81. The van der Waals surface area contributed by atoms with Gasteiger partial charge in [-0.1, -0.05) is 35.9 Å². The summed E-state index contributed by atoms with van der Waals surface area (Å²) in [6, 6.07) is 14.8. The Hall–Kier alpha value is -4.77. The predicted molar refractivity (Wildman–Crippen MR) is 185 cm³/mol. The molecule has 3 aliphatic heterocycles. The van der Waals surface area contributed by atoms with Gasteiger partial charge in [0.15, 0.2) is 23.0 Å². The van der Waals surface area contributed by atoms with Gasteiger partial charge in [0, 0.05) is 49.8 Å². The highest BCUT2D eigenvalue weighted by Gasteiger charge is 2.34. The van der Waals surface area contributed by atoms with Crippen LogP contribution in [0.5, 0.6) is 23.0 Å². The Morgan fingerprint density at radius 2 is 1.51 bits per heavy atom. The van der Waals surface area contributed by atoms with Crippen molar-refractivity contribution in [2.45, 2.75) is 38.1 Å². The van der Waals surface area contributed by atoms with Crippen molar-refractivity contribution >= 4 is 48.2 Å². The number of aliphatic imine (C=N–C) groups is 2. The number of methoxy groups -OCH3 is 2. The maximum absolute atomic E-state index is 13.6. The van der Waals surface area contributed by atoms with E-state index >= 15 is 0 Å². The van der Waals surface area contributed by atoms with Crippen LogP contribution in [0.1, 0.15) is 51.6 Å². The number of hydrogen-bond acceptors (Lipinski definition) is 9. The molecule has 1 fully saturated rings. The van der Waals surface area contributed by atoms with Crippen LogP contribution in [0.15, 0.2) is 70.2 Å². The van der Waals surface area contributed by atoms with E-state index in [2.05, 4.69) is 28.7 Å². The Labute approximate surface area is 280 Å². The van der Waals surface area contributed by atoms with Crippen molar-refractivity contribution < 1.29 is 28.5 Å². The number of fused-ring (bicyclic) bond motifs is 3. The zero-order valence-corrected chi connectivity index (χ0v) is 27.7. The van der Waals surface area contributed by atoms with E-state index in [9.17, 15) is 9.59 Å². The first-order chi connectivity index (χ1) is 22.9. The van der Waals surface area contributed by atoms with Gasteiger partial charge in [-0.05, 0) is 36.6 Å². The minimum atomic E-state index is -0.131. The van der Waals surface area contributed by atoms with Crippen molar-refractivity contribution in [3.05, 3.63) is 82.4 Å². The quantitative estimate of drug-likeness (QED) is 0.150. The molecule has 3 aromatic carbocycles. The fourth-order valence-corrected chi connectivity index (χ4v) is 6.30. The number of carbonyl (C=O) groups is 2. The van der Waals surface area contributed by atoms with Crippen molar-refractivity contribution in [3.63, 3.8) is 0 Å². The third kappa shape index (κ3) is 6.71. The fourth-order valence-electron chi connectivity index (χ4n) is 5.99. The van der Waals surface area contributed by atoms with Gasteiger partial charge in [-0.25, -0.2) is 0 Å². The SMILES string of the molecule is C/C=C1/C[C@H]2C=Nc3cc(OCCCOc4cc5c(cc4OC)C(=O)N(Cc4ccccc4CS)CC=N5)c(OC)cc3C(=O)N2C1. The summed E-state index contributed by atoms with van der Waals surface area (Å²) in [6.07, 6.45) is 6.99. The largest absolute Gasteiger partial charge is 0.493 e. The van der Waals surface area contributed by atoms with Gasteiger partial charge in [0.1, 0.15) is 0 Å². The van der Waals surface area contributed by atoms with Crippen LogP contribution in [0.2, 0.25) is 0 Å². The van der Waals surface area contributed by atoms with Crippen LogP contribution in [0.3, 0.4) is 0 Å². The third-order valence-corrected chi connectivity index (χ3v) is 8.94. The van der Waals surface area contributed by atoms with Crippen LogP contribution >= 0.6 is 12.6 Å². The van der Waals surface area contributed by atoms with E-state index in [4.69, 9.17) is 18.9 Å². The molecular formula is C36H38N4O6S. The first kappa shape index (κ1) is 32.2. The van der Waals surface area contributed by atoms with Gasteiger partial charge < -0.3 is 28.7 Å². The minimum absolute atomic E-state index is 0.0538. The van der Waals surface area contributed by atoms with Crippen LogP contribution in [-0.4, -0.2) is 80.6 Å². The van der Waals surface area contributed by atoms with Gasteiger partial charge in [0.05, 0.1) is 62.5 Å². The maximum atomic E-state index is 13.6. The molecule has 244 valence electrons. The molecule has 3 aromatic rings. The van der Waals surface area contributed by atoms with Crippen LogP contribution in [0.25, 0.3) is 0 Å². The summed E-state index contributed by atoms with van der Waals surface area (Å²) in [5.74, 6) is 2.30. The van der Waals surface area contributed by atoms with Gasteiger partial charge in [-0.2, -0.15) is 12.6 Å². The molecule has 1 atom stereocenters. The molecule has 1 saturated heterocycles. The van der Waals surface area contributed by atoms with Crippen molar-refractivity contribution in [2.24, 2.45) is 9.98 Å². The van der Waals surface area contributed by atoms with Crippen molar-refractivity contribution in [1.29, 1.82) is 0 Å². The second kappa shape index (κ2) is 14.3. The molecule has 2 amide bonds. The summed E-state index contributed by atoms with van der Waals surface area (Å²) in [6.45, 7) is 4.09. The smallest absolute Gasteiger partial charge is 0.257 e. The molecule has 0 spiro atoms. The zero-order chi connectivity index (χ0) is 32.9. The van der Waals surface area contributed by atoms with E-state index in [0.717, 1.165) is 17.5 Å². The number of rotatable bonds is 11. The number of benzene rings is 3. The molecule has 0 N–H and O–H groups in total. The number of hydrogen-bond donors (Lipinski definition) is 1. The van der Waals surface area contributed by atoms with Crippen molar-refractivity contribution in [3.8, 4) is 23.0 Å². The molecule has 3 aliphatic rings. The van der Waals surface area contributed by atoms with Crippen LogP contribution in [-0.2, 0) is 12.3 Å². The van der Waals surface area contributed by atoms with Gasteiger partial charge in [-0.3, -0.25) is 19.6 Å². The van der Waals surface area contributed by atoms with Crippen LogP contribution in [0, 0.1) is 0 Å². The number of thiol groups is 1. The van der Waals surface area contributed by atoms with Gasteiger partial charge in [0.25, 0.3) is 11.8 Å². The predicted octanol–water partition coefficient (Wildman–Crippen LogP) is 6.22. The highest BCUT2D eigenvalue weighted by Crippen LogP contribution is 2.39. The summed E-state index contributed by atoms with van der Waals surface area (Å²) >= 11 is 4.44. The summed E-state index contributed by atoms with van der Waals surface area (Å²) in [5.41, 5.74) is 5.40. The molecular weight excluding hydrogens is 616 g/mol. The van der Waals surface area contributed by atoms with Gasteiger partial charge in [0.2, 0.25) is 0 Å². The van der Waals surface area contributed by atoms with Gasteiger partial charge >= 0.3 is 0 Å². The standard InChI is InChI=1S/C36H38N4O6S/c1-4-23-14-26-19-38-30-18-34(32(44-3)16-28(30)36(42)40(26)20-23)46-13-7-12-45-33-17-29-27(15-31(33)43-2)35(41)39(11-10-37-29)21-24-8-5-6-9-25(24)22-47/h4-6,8-10,15-19,26,47H,7,11-14,20-22H2,1-3H3/b23-4-/t26-/m0/s1. The lowest BCUT2D eigenvalue weighted by atomic mass is 10.1. The zero-order valence-electron chi connectivity index (χ0n) is 26.8. The first-order valence-electron chi connectivity index (χ1n) is 15.6. The highest BCUT2D eigenvalue weighted by atomic mass is 32.1. The molecule has 6 rings (SSSR count). The minimum Gasteiger partial charge on any atom is -0.493 e. The summed E-state index contributed by atoms with van der Waals surface area (Å²) in [4.78, 5) is 39.7. The lowest BCUT2D eigenvalue weighted by Gasteiger charge is -2.22. The third-order valence-electron chi connectivity index (χ3n) is 8.60. The first-order valence-corrected chi connectivity index (χ1v) is 16.3. The van der Waals surface area contributed by atoms with E-state index in [1.54, 1.807) is 49.6 Å². The molecule has 0 aliphatic carbocycles. The van der Waals surface area contributed by atoms with Crippen molar-refractivity contribution in [2.75, 3.05) is 40.5 Å². The second-order valence-electron chi connectivity index (χ2n) is 11.4. The molecule has 11 heteroatoms. The molecule has 47 heavy (non-hydrogen) atoms. The van der Waals surface area contributed by atoms with Gasteiger partial charge in [-0.15, -0.1) is 0 Å². The normalized spacial score (nSPS) is 17.6. The lowest BCUT2D eigenvalue weighted by Crippen LogP contribution is -2.35. The highest BCUT2D eigenvalue weighted by molar-refractivity contribution is 7.79. The summed E-state index contributed by atoms with van der Waals surface area (Å²) in [5, 5.41) is 0. The van der Waals surface area contributed by atoms with Crippen molar-refractivity contribution in [1.82, 2.24) is 9.80 Å². The van der Waals surface area contributed by atoms with E-state index in [-0.39, 0.29) is 17.9 Å². The Balaban J connectivity index is 1.09. The van der Waals surface area contributed by atoms with E-state index in [1.807, 2.05) is 42.3 Å². The molecule has 10 nitrogen and oxygen atoms in total. The maximum Gasteiger partial charge on any atom is 0.257 e. The van der Waals surface area contributed by atoms with E-state index in [0.29, 0.717) is 90.5 Å². The molecule has 0 unspecified atom stereocenters. The number of amides is 2. The average Bonchev–Trinajstić information content (AvgIpc) is 3.40. The fraction of sp³-hybridized carbons (Fsp3) is 0.333. The molecule has 0 saturated carbocycles. The topological polar surface area (TPSA) is 102 Å². The van der Waals surface area contributed by atoms with Crippen LogP contribution < -0.4 is 18.9 Å². The number of carbonyl (C=O) groups excluding carboxylic acids is 2. The second-order valence-corrected chi connectivity index (χ2v) is 11.8. The molecule has 0 radical (unpaired) electrons. The lowest BCUT2D eigenvalue weighted by molar-refractivity contribution is 0.0767. The number of ether oxygens (including phenoxy) is 4. The Morgan fingerprint density at radius 1 is 0.872 bits per heavy atom. The number of nitrogens with zero attached hydrogens (tertiary/aromatic N) is 4. The van der Waals surface area contributed by atoms with E-state index in [1.165, 1.54) is 5.57 Å². The Bertz CT molecular complexity index is 1770. The average molecular weight is 655 g/mol. The summed E-state index contributed by atoms with van der Waals surface area (Å²) < 4.78 is 23.3. The van der Waals surface area contributed by atoms with E-state index < -0.39 is 0 Å². The molecule has 3 heterocycles. The summed E-state index contributed by atoms with van der Waals surface area (Å²) in [7, 11) is 3.10. The molecule has 0 bridgehead atoms. The molecule has 0 aromatic heterocycles. The Morgan fingerprint density at radius 3 is 2.15 bits per heavy atom. The monoisotopic (exact) mass is 654 g/mol. The number of allylic oxidation sites excluding steroid dienone is 1. The van der Waals surface area contributed by atoms with Crippen LogP contribution in [0.4, 0.5) is 11.4 Å².